The molecule has 4 aromatic rings. The van der Waals surface area contributed by atoms with Gasteiger partial charge in [-0.1, -0.05) is 52.6 Å². The van der Waals surface area contributed by atoms with Crippen LogP contribution < -0.4 is 0 Å². The topological polar surface area (TPSA) is 43.9 Å². The van der Waals surface area contributed by atoms with Crippen LogP contribution in [0.25, 0.3) is 17.3 Å². The van der Waals surface area contributed by atoms with E-state index in [1.165, 1.54) is 11.8 Å². The van der Waals surface area contributed by atoms with Crippen LogP contribution >= 0.6 is 46.6 Å². The molecule has 136 valence electrons. The maximum Gasteiger partial charge on any atom is 0.205 e. The molecule has 8 heteroatoms. The van der Waals surface area contributed by atoms with Crippen molar-refractivity contribution in [1.82, 2.24) is 14.8 Å². The number of benzene rings is 2. The van der Waals surface area contributed by atoms with Crippen LogP contribution in [-0.4, -0.2) is 14.8 Å². The van der Waals surface area contributed by atoms with E-state index in [4.69, 9.17) is 39.2 Å². The molecule has 2 aromatic heterocycles. The maximum absolute atomic E-state index is 6.29. The quantitative estimate of drug-likeness (QED) is 0.323. The normalized spacial score (nSPS) is 11.1. The number of nitrogens with zero attached hydrogens (tertiary/aromatic N) is 3. The van der Waals surface area contributed by atoms with Crippen molar-refractivity contribution in [3.63, 3.8) is 0 Å². The first-order chi connectivity index (χ1) is 13.1. The zero-order valence-electron chi connectivity index (χ0n) is 13.8. The SMILES string of the molecule is Clc1ccc(-n2c(SCc3c(Cl)cccc3Cl)nnc2-c2ccco2)cc1. The van der Waals surface area contributed by atoms with Gasteiger partial charge in [-0.3, -0.25) is 4.57 Å². The Labute approximate surface area is 175 Å². The predicted molar refractivity (Wildman–Crippen MR) is 110 cm³/mol. The van der Waals surface area contributed by atoms with Crippen molar-refractivity contribution in [2.75, 3.05) is 0 Å². The van der Waals surface area contributed by atoms with Crippen molar-refractivity contribution < 1.29 is 4.42 Å². The Balaban J connectivity index is 1.73. The van der Waals surface area contributed by atoms with E-state index >= 15 is 0 Å². The number of furan rings is 1. The van der Waals surface area contributed by atoms with E-state index in [1.54, 1.807) is 6.26 Å². The molecule has 4 rings (SSSR count). The van der Waals surface area contributed by atoms with E-state index < -0.39 is 0 Å². The average Bonchev–Trinajstić information content (AvgIpc) is 3.31. The van der Waals surface area contributed by atoms with Crippen LogP contribution in [0.5, 0.6) is 0 Å². The summed E-state index contributed by atoms with van der Waals surface area (Å²) in [7, 11) is 0. The molecule has 0 bridgehead atoms. The van der Waals surface area contributed by atoms with Crippen LogP contribution in [0.15, 0.2) is 70.4 Å². The minimum atomic E-state index is 0.558. The van der Waals surface area contributed by atoms with Gasteiger partial charge in [-0.25, -0.2) is 0 Å². The van der Waals surface area contributed by atoms with E-state index in [-0.39, 0.29) is 0 Å². The molecule has 0 saturated heterocycles. The van der Waals surface area contributed by atoms with E-state index in [1.807, 2.05) is 59.2 Å². The Morgan fingerprint density at radius 2 is 1.63 bits per heavy atom. The molecule has 0 atom stereocenters. The van der Waals surface area contributed by atoms with Crippen LogP contribution in [-0.2, 0) is 5.75 Å². The maximum atomic E-state index is 6.29. The summed E-state index contributed by atoms with van der Waals surface area (Å²) in [5, 5.41) is 11.3. The number of hydrogen-bond acceptors (Lipinski definition) is 4. The molecule has 2 aromatic carbocycles. The van der Waals surface area contributed by atoms with Crippen LogP contribution in [0.1, 0.15) is 5.56 Å². The molecule has 0 aliphatic rings. The van der Waals surface area contributed by atoms with Gasteiger partial charge in [0, 0.05) is 26.5 Å². The highest BCUT2D eigenvalue weighted by atomic mass is 35.5. The van der Waals surface area contributed by atoms with E-state index in [0.29, 0.717) is 37.6 Å². The van der Waals surface area contributed by atoms with Crippen LogP contribution in [0.4, 0.5) is 0 Å². The van der Waals surface area contributed by atoms with E-state index in [9.17, 15) is 0 Å². The smallest absolute Gasteiger partial charge is 0.205 e. The summed E-state index contributed by atoms with van der Waals surface area (Å²) >= 11 is 20.1. The lowest BCUT2D eigenvalue weighted by molar-refractivity contribution is 0.575. The zero-order chi connectivity index (χ0) is 18.8. The monoisotopic (exact) mass is 435 g/mol. The second-order valence-corrected chi connectivity index (χ2v) is 7.78. The van der Waals surface area contributed by atoms with Gasteiger partial charge in [0.1, 0.15) is 0 Å². The van der Waals surface area contributed by atoms with Gasteiger partial charge in [0.05, 0.1) is 6.26 Å². The van der Waals surface area contributed by atoms with Gasteiger partial charge in [0.25, 0.3) is 0 Å². The summed E-state index contributed by atoms with van der Waals surface area (Å²) in [4.78, 5) is 0. The Morgan fingerprint density at radius 3 is 2.30 bits per heavy atom. The van der Waals surface area contributed by atoms with Gasteiger partial charge in [0.2, 0.25) is 5.82 Å². The molecule has 0 aliphatic carbocycles. The lowest BCUT2D eigenvalue weighted by atomic mass is 10.2. The molecular weight excluding hydrogens is 425 g/mol. The van der Waals surface area contributed by atoms with Crippen LogP contribution in [0.3, 0.4) is 0 Å². The minimum Gasteiger partial charge on any atom is -0.461 e. The minimum absolute atomic E-state index is 0.558. The number of rotatable bonds is 5. The number of hydrogen-bond donors (Lipinski definition) is 0. The van der Waals surface area contributed by atoms with Crippen LogP contribution in [0, 0.1) is 0 Å². The van der Waals surface area contributed by atoms with Crippen molar-refractivity contribution in [3.8, 4) is 17.3 Å². The summed E-state index contributed by atoms with van der Waals surface area (Å²) in [6.07, 6.45) is 1.60. The number of halogens is 3. The summed E-state index contributed by atoms with van der Waals surface area (Å²) in [6.45, 7) is 0. The molecule has 27 heavy (non-hydrogen) atoms. The summed E-state index contributed by atoms with van der Waals surface area (Å²) < 4.78 is 7.44. The molecule has 0 unspecified atom stereocenters. The third-order valence-corrected chi connectivity index (χ3v) is 5.78. The second-order valence-electron chi connectivity index (χ2n) is 5.58. The lowest BCUT2D eigenvalue weighted by Gasteiger charge is -2.10. The fourth-order valence-corrected chi connectivity index (χ4v) is 4.38. The van der Waals surface area contributed by atoms with Crippen molar-refractivity contribution >= 4 is 46.6 Å². The predicted octanol–water partition coefficient (Wildman–Crippen LogP) is 6.78. The molecule has 0 amide bonds. The number of thioether (sulfide) groups is 1. The summed E-state index contributed by atoms with van der Waals surface area (Å²) in [5.74, 6) is 1.79. The summed E-state index contributed by atoms with van der Waals surface area (Å²) in [6, 6.07) is 16.6. The fraction of sp³-hybridized carbons (Fsp3) is 0.0526. The molecule has 0 saturated carbocycles. The van der Waals surface area contributed by atoms with E-state index in [0.717, 1.165) is 11.3 Å². The van der Waals surface area contributed by atoms with Gasteiger partial charge in [-0.15, -0.1) is 10.2 Å². The number of aromatic nitrogens is 3. The standard InChI is InChI=1S/C19H12Cl3N3OS/c20-12-6-8-13(9-7-12)25-18(17-5-2-10-26-17)23-24-19(25)27-11-14-15(21)3-1-4-16(14)22/h1-10H,11H2. The van der Waals surface area contributed by atoms with Gasteiger partial charge in [0.15, 0.2) is 10.9 Å². The highest BCUT2D eigenvalue weighted by Crippen LogP contribution is 2.34. The van der Waals surface area contributed by atoms with E-state index in [2.05, 4.69) is 10.2 Å². The Morgan fingerprint density at radius 1 is 0.889 bits per heavy atom. The molecule has 0 spiro atoms. The van der Waals surface area contributed by atoms with Crippen molar-refractivity contribution in [1.29, 1.82) is 0 Å². The van der Waals surface area contributed by atoms with Gasteiger partial charge < -0.3 is 4.42 Å². The Kier molecular flexibility index (Phi) is 5.45. The third kappa shape index (κ3) is 3.87. The summed E-state index contributed by atoms with van der Waals surface area (Å²) in [5.41, 5.74) is 1.74. The van der Waals surface area contributed by atoms with Crippen molar-refractivity contribution in [2.24, 2.45) is 0 Å². The molecule has 2 heterocycles. The highest BCUT2D eigenvalue weighted by Gasteiger charge is 2.19. The first-order valence-electron chi connectivity index (χ1n) is 7.94. The van der Waals surface area contributed by atoms with Crippen molar-refractivity contribution in [3.05, 3.63) is 81.5 Å². The van der Waals surface area contributed by atoms with Gasteiger partial charge in [-0.2, -0.15) is 0 Å². The van der Waals surface area contributed by atoms with Crippen molar-refractivity contribution in [2.45, 2.75) is 10.9 Å². The largest absolute Gasteiger partial charge is 0.461 e. The van der Waals surface area contributed by atoms with Gasteiger partial charge in [-0.05, 0) is 54.1 Å². The second kappa shape index (κ2) is 7.98. The Bertz CT molecular complexity index is 1040. The molecule has 0 N–H and O–H groups in total. The highest BCUT2D eigenvalue weighted by molar-refractivity contribution is 7.98. The molecule has 0 fully saturated rings. The molecule has 0 aliphatic heterocycles. The third-order valence-electron chi connectivity index (χ3n) is 3.87. The van der Waals surface area contributed by atoms with Gasteiger partial charge >= 0.3 is 0 Å². The average molecular weight is 437 g/mol. The first-order valence-corrected chi connectivity index (χ1v) is 10.1. The zero-order valence-corrected chi connectivity index (χ0v) is 16.9. The molecule has 0 radical (unpaired) electrons. The Hall–Kier alpha value is -1.92. The molecule has 4 nitrogen and oxygen atoms in total. The lowest BCUT2D eigenvalue weighted by Crippen LogP contribution is -1.99. The first kappa shape index (κ1) is 18.4. The van der Waals surface area contributed by atoms with Crippen LogP contribution in [0.2, 0.25) is 15.1 Å². The fourth-order valence-electron chi connectivity index (χ4n) is 2.56. The molecular formula is C19H12Cl3N3OS.